The van der Waals surface area contributed by atoms with Crippen molar-refractivity contribution in [2.24, 2.45) is 0 Å². The van der Waals surface area contributed by atoms with Crippen LogP contribution in [0.3, 0.4) is 0 Å². The molecule has 4 nitrogen and oxygen atoms in total. The fourth-order valence-corrected chi connectivity index (χ4v) is 2.06. The minimum absolute atomic E-state index is 0.0528. The lowest BCUT2D eigenvalue weighted by molar-refractivity contribution is -0.112. The molecule has 0 aromatic heterocycles. The maximum Gasteiger partial charge on any atom is 0.266 e. The van der Waals surface area contributed by atoms with Gasteiger partial charge in [-0.05, 0) is 35.8 Å². The van der Waals surface area contributed by atoms with Crippen LogP contribution in [0.4, 0.5) is 5.69 Å². The average Bonchev–Trinajstić information content (AvgIpc) is 2.60. The Kier molecular flexibility index (Phi) is 5.54. The van der Waals surface area contributed by atoms with Gasteiger partial charge in [0.15, 0.2) is 0 Å². The molecule has 4 heteroatoms. The zero-order chi connectivity index (χ0) is 16.7. The van der Waals surface area contributed by atoms with E-state index in [9.17, 15) is 10.1 Å². The van der Waals surface area contributed by atoms with Gasteiger partial charge in [-0.1, -0.05) is 37.3 Å². The molecule has 0 unspecified atom stereocenters. The third kappa shape index (κ3) is 4.45. The summed E-state index contributed by atoms with van der Waals surface area (Å²) in [7, 11) is 1.56. The number of hydrogen-bond acceptors (Lipinski definition) is 3. The second-order valence-electron chi connectivity index (χ2n) is 4.95. The molecule has 0 heterocycles. The van der Waals surface area contributed by atoms with Gasteiger partial charge in [0.1, 0.15) is 17.4 Å². The van der Waals surface area contributed by atoms with Crippen molar-refractivity contribution < 1.29 is 9.53 Å². The Bertz CT molecular complexity index is 756. The van der Waals surface area contributed by atoms with Crippen molar-refractivity contribution in [1.82, 2.24) is 0 Å². The highest BCUT2D eigenvalue weighted by Gasteiger charge is 2.10. The molecule has 1 N–H and O–H groups in total. The first-order valence-corrected chi connectivity index (χ1v) is 7.32. The van der Waals surface area contributed by atoms with E-state index in [0.29, 0.717) is 11.4 Å². The number of aryl methyl sites for hydroxylation is 1. The summed E-state index contributed by atoms with van der Waals surface area (Å²) in [6.45, 7) is 2.08. The molecule has 2 aromatic carbocycles. The number of nitriles is 1. The summed E-state index contributed by atoms with van der Waals surface area (Å²) >= 11 is 0. The number of hydrogen-bond donors (Lipinski definition) is 1. The molecule has 116 valence electrons. The number of anilines is 1. The van der Waals surface area contributed by atoms with E-state index < -0.39 is 5.91 Å². The lowest BCUT2D eigenvalue weighted by atomic mass is 10.1. The molecule has 0 radical (unpaired) electrons. The number of ether oxygens (including phenoxy) is 1. The van der Waals surface area contributed by atoms with Gasteiger partial charge in [-0.3, -0.25) is 4.79 Å². The SMILES string of the molecule is CCc1ccc(/C=C(\C#N)C(=O)Nc2cccc(OC)c2)cc1. The third-order valence-corrected chi connectivity index (χ3v) is 3.39. The standard InChI is InChI=1S/C19H18N2O2/c1-3-14-7-9-15(10-8-14)11-16(13-20)19(22)21-17-5-4-6-18(12-17)23-2/h4-12H,3H2,1-2H3,(H,21,22)/b16-11+. The number of benzene rings is 2. The van der Waals surface area contributed by atoms with E-state index in [0.717, 1.165) is 12.0 Å². The van der Waals surface area contributed by atoms with Crippen LogP contribution in [-0.4, -0.2) is 13.0 Å². The monoisotopic (exact) mass is 306 g/mol. The highest BCUT2D eigenvalue weighted by Crippen LogP contribution is 2.18. The second kappa shape index (κ2) is 7.81. The van der Waals surface area contributed by atoms with Crippen LogP contribution in [0.25, 0.3) is 6.08 Å². The Hall–Kier alpha value is -3.06. The first-order valence-electron chi connectivity index (χ1n) is 7.32. The molecule has 0 saturated heterocycles. The summed E-state index contributed by atoms with van der Waals surface area (Å²) in [5, 5.41) is 11.9. The summed E-state index contributed by atoms with van der Waals surface area (Å²) in [5.74, 6) is 0.195. The Morgan fingerprint density at radius 3 is 2.61 bits per heavy atom. The molecule has 2 rings (SSSR count). The molecule has 1 amide bonds. The van der Waals surface area contributed by atoms with Crippen molar-refractivity contribution in [3.63, 3.8) is 0 Å². The van der Waals surface area contributed by atoms with Crippen LogP contribution in [0, 0.1) is 11.3 Å². The largest absolute Gasteiger partial charge is 0.497 e. The predicted octanol–water partition coefficient (Wildman–Crippen LogP) is 3.80. The van der Waals surface area contributed by atoms with Gasteiger partial charge in [-0.25, -0.2) is 0 Å². The number of rotatable bonds is 5. The van der Waals surface area contributed by atoms with Crippen LogP contribution in [0.2, 0.25) is 0 Å². The van der Waals surface area contributed by atoms with E-state index in [1.54, 1.807) is 37.5 Å². The number of nitrogens with one attached hydrogen (secondary N) is 1. The Morgan fingerprint density at radius 2 is 2.00 bits per heavy atom. The summed E-state index contributed by atoms with van der Waals surface area (Å²) < 4.78 is 5.11. The van der Waals surface area contributed by atoms with Crippen LogP contribution in [0.5, 0.6) is 5.75 Å². The summed E-state index contributed by atoms with van der Waals surface area (Å²) in [6.07, 6.45) is 2.53. The first-order chi connectivity index (χ1) is 11.2. The summed E-state index contributed by atoms with van der Waals surface area (Å²) in [6, 6.07) is 16.7. The second-order valence-corrected chi connectivity index (χ2v) is 4.95. The first kappa shape index (κ1) is 16.3. The molecule has 2 aromatic rings. The lowest BCUT2D eigenvalue weighted by Gasteiger charge is -2.06. The van der Waals surface area contributed by atoms with E-state index in [1.807, 2.05) is 30.3 Å². The maximum atomic E-state index is 12.2. The van der Waals surface area contributed by atoms with E-state index in [-0.39, 0.29) is 5.57 Å². The quantitative estimate of drug-likeness (QED) is 0.675. The number of methoxy groups -OCH3 is 1. The molecule has 0 spiro atoms. The van der Waals surface area contributed by atoms with Gasteiger partial charge >= 0.3 is 0 Å². The minimum atomic E-state index is -0.444. The van der Waals surface area contributed by atoms with E-state index >= 15 is 0 Å². The van der Waals surface area contributed by atoms with Crippen molar-refractivity contribution in [2.45, 2.75) is 13.3 Å². The van der Waals surface area contributed by atoms with Crippen LogP contribution in [-0.2, 0) is 11.2 Å². The Morgan fingerprint density at radius 1 is 1.26 bits per heavy atom. The molecule has 0 aliphatic heterocycles. The van der Waals surface area contributed by atoms with Crippen molar-refractivity contribution >= 4 is 17.7 Å². The predicted molar refractivity (Wildman–Crippen MR) is 91.0 cm³/mol. The smallest absolute Gasteiger partial charge is 0.266 e. The molecular formula is C19H18N2O2. The number of nitrogens with zero attached hydrogens (tertiary/aromatic N) is 1. The summed E-state index contributed by atoms with van der Waals surface area (Å²) in [5.41, 5.74) is 2.66. The van der Waals surface area contributed by atoms with E-state index in [4.69, 9.17) is 4.74 Å². The molecule has 0 saturated carbocycles. The fourth-order valence-electron chi connectivity index (χ4n) is 2.06. The highest BCUT2D eigenvalue weighted by molar-refractivity contribution is 6.09. The molecule has 23 heavy (non-hydrogen) atoms. The van der Waals surface area contributed by atoms with E-state index in [2.05, 4.69) is 12.2 Å². The Labute approximate surface area is 136 Å². The maximum absolute atomic E-state index is 12.2. The van der Waals surface area contributed by atoms with Crippen molar-refractivity contribution in [3.05, 3.63) is 65.2 Å². The topological polar surface area (TPSA) is 62.1 Å². The molecule has 0 bridgehead atoms. The molecule has 0 atom stereocenters. The average molecular weight is 306 g/mol. The highest BCUT2D eigenvalue weighted by atomic mass is 16.5. The van der Waals surface area contributed by atoms with Crippen LogP contribution in [0.1, 0.15) is 18.1 Å². The van der Waals surface area contributed by atoms with Gasteiger partial charge in [0.25, 0.3) is 5.91 Å². The van der Waals surface area contributed by atoms with Crippen molar-refractivity contribution in [3.8, 4) is 11.8 Å². The molecule has 0 fully saturated rings. The van der Waals surface area contributed by atoms with Crippen LogP contribution in [0.15, 0.2) is 54.1 Å². The van der Waals surface area contributed by atoms with Gasteiger partial charge in [0.05, 0.1) is 7.11 Å². The van der Waals surface area contributed by atoms with Gasteiger partial charge in [0.2, 0.25) is 0 Å². The van der Waals surface area contributed by atoms with Gasteiger partial charge in [0, 0.05) is 11.8 Å². The van der Waals surface area contributed by atoms with E-state index in [1.165, 1.54) is 5.56 Å². The normalized spacial score (nSPS) is 10.7. The zero-order valence-electron chi connectivity index (χ0n) is 13.2. The molecule has 0 aliphatic rings. The zero-order valence-corrected chi connectivity index (χ0v) is 13.2. The van der Waals surface area contributed by atoms with Crippen LogP contribution < -0.4 is 10.1 Å². The fraction of sp³-hybridized carbons (Fsp3) is 0.158. The Balaban J connectivity index is 2.17. The van der Waals surface area contributed by atoms with Gasteiger partial charge in [-0.2, -0.15) is 5.26 Å². The lowest BCUT2D eigenvalue weighted by Crippen LogP contribution is -2.13. The number of carbonyl (C=O) groups excluding carboxylic acids is 1. The summed E-state index contributed by atoms with van der Waals surface area (Å²) in [4.78, 5) is 12.2. The number of amides is 1. The van der Waals surface area contributed by atoms with Crippen molar-refractivity contribution in [2.75, 3.05) is 12.4 Å². The van der Waals surface area contributed by atoms with Gasteiger partial charge in [-0.15, -0.1) is 0 Å². The molecular weight excluding hydrogens is 288 g/mol. The van der Waals surface area contributed by atoms with Crippen molar-refractivity contribution in [1.29, 1.82) is 5.26 Å². The van der Waals surface area contributed by atoms with Gasteiger partial charge < -0.3 is 10.1 Å². The third-order valence-electron chi connectivity index (χ3n) is 3.39. The number of carbonyl (C=O) groups is 1. The van der Waals surface area contributed by atoms with Crippen LogP contribution >= 0.6 is 0 Å². The molecule has 0 aliphatic carbocycles. The minimum Gasteiger partial charge on any atom is -0.497 e.